The molecule has 6 heteroatoms. The molecule has 0 saturated carbocycles. The van der Waals surface area contributed by atoms with Crippen LogP contribution in [-0.4, -0.2) is 16.7 Å². The van der Waals surface area contributed by atoms with Gasteiger partial charge in [0.2, 0.25) is 0 Å². The van der Waals surface area contributed by atoms with E-state index in [9.17, 15) is 13.6 Å². The molecule has 4 nitrogen and oxygen atoms in total. The Morgan fingerprint density at radius 2 is 1.81 bits per heavy atom. The highest BCUT2D eigenvalue weighted by Gasteiger charge is 2.19. The van der Waals surface area contributed by atoms with E-state index in [0.717, 1.165) is 12.4 Å². The summed E-state index contributed by atoms with van der Waals surface area (Å²) in [5, 5.41) is 1.98. The van der Waals surface area contributed by atoms with Gasteiger partial charge in [-0.3, -0.25) is 10.3 Å². The van der Waals surface area contributed by atoms with E-state index < -0.39 is 29.0 Å². The van der Waals surface area contributed by atoms with Crippen molar-refractivity contribution < 1.29 is 18.3 Å². The molecule has 0 saturated heterocycles. The van der Waals surface area contributed by atoms with Crippen LogP contribution in [0.2, 0.25) is 0 Å². The molecule has 0 aliphatic heterocycles. The maximum atomic E-state index is 13.1. The number of nitrogens with one attached hydrogen (secondary N) is 1. The molecule has 0 aliphatic rings. The van der Waals surface area contributed by atoms with E-state index in [1.807, 2.05) is 5.32 Å². The topological polar surface area (TPSA) is 51.2 Å². The van der Waals surface area contributed by atoms with Crippen LogP contribution in [0.4, 0.5) is 19.3 Å². The van der Waals surface area contributed by atoms with Crippen molar-refractivity contribution in [2.45, 2.75) is 26.4 Å². The van der Waals surface area contributed by atoms with Crippen LogP contribution in [-0.2, 0) is 4.74 Å². The van der Waals surface area contributed by atoms with E-state index in [0.29, 0.717) is 0 Å². The fourth-order valence-corrected chi connectivity index (χ4v) is 0.936. The number of hydrogen-bond acceptors (Lipinski definition) is 3. The summed E-state index contributed by atoms with van der Waals surface area (Å²) in [7, 11) is 0. The zero-order valence-electron chi connectivity index (χ0n) is 9.17. The lowest BCUT2D eigenvalue weighted by atomic mass is 10.2. The summed E-state index contributed by atoms with van der Waals surface area (Å²) in [5.41, 5.74) is -1.30. The Kier molecular flexibility index (Phi) is 3.41. The van der Waals surface area contributed by atoms with E-state index in [1.54, 1.807) is 20.8 Å². The van der Waals surface area contributed by atoms with Crippen LogP contribution < -0.4 is 5.32 Å². The molecule has 88 valence electrons. The van der Waals surface area contributed by atoms with E-state index in [-0.39, 0.29) is 0 Å². The number of pyridine rings is 1. The van der Waals surface area contributed by atoms with Gasteiger partial charge in [-0.15, -0.1) is 0 Å². The predicted molar refractivity (Wildman–Crippen MR) is 54.0 cm³/mol. The average molecular weight is 230 g/mol. The van der Waals surface area contributed by atoms with Crippen molar-refractivity contribution in [1.29, 1.82) is 0 Å². The molecule has 0 aromatic carbocycles. The van der Waals surface area contributed by atoms with Gasteiger partial charge in [-0.25, -0.2) is 13.6 Å². The van der Waals surface area contributed by atoms with Gasteiger partial charge in [0, 0.05) is 0 Å². The fourth-order valence-electron chi connectivity index (χ4n) is 0.936. The Morgan fingerprint density at radius 1 is 1.31 bits per heavy atom. The van der Waals surface area contributed by atoms with Crippen LogP contribution in [0, 0.1) is 11.6 Å². The molecule has 0 fully saturated rings. The number of hydrogen-bond donors (Lipinski definition) is 1. The Labute approximate surface area is 91.6 Å². The minimum absolute atomic E-state index is 0.566. The minimum Gasteiger partial charge on any atom is -0.444 e. The first-order valence-corrected chi connectivity index (χ1v) is 4.58. The largest absolute Gasteiger partial charge is 0.444 e. The van der Waals surface area contributed by atoms with Crippen molar-refractivity contribution in [1.82, 2.24) is 4.98 Å². The fraction of sp³-hybridized carbons (Fsp3) is 0.400. The quantitative estimate of drug-likeness (QED) is 0.806. The van der Waals surface area contributed by atoms with Gasteiger partial charge in [-0.2, -0.15) is 0 Å². The number of nitrogens with zero attached hydrogens (tertiary/aromatic N) is 1. The van der Waals surface area contributed by atoms with E-state index >= 15 is 0 Å². The molecule has 0 spiro atoms. The van der Waals surface area contributed by atoms with Gasteiger partial charge < -0.3 is 4.74 Å². The Hall–Kier alpha value is -1.72. The predicted octanol–water partition coefficient (Wildman–Crippen LogP) is 2.71. The minimum atomic E-state index is -0.953. The summed E-state index contributed by atoms with van der Waals surface area (Å²) in [4.78, 5) is 14.5. The summed E-state index contributed by atoms with van der Waals surface area (Å²) >= 11 is 0. The highest BCUT2D eigenvalue weighted by atomic mass is 19.1. The van der Waals surface area contributed by atoms with Gasteiger partial charge in [0.15, 0.2) is 11.6 Å². The zero-order valence-corrected chi connectivity index (χ0v) is 9.17. The number of anilines is 1. The first-order valence-electron chi connectivity index (χ1n) is 4.58. The van der Waals surface area contributed by atoms with Gasteiger partial charge in [0.25, 0.3) is 0 Å². The Balaban J connectivity index is 2.78. The Bertz CT molecular complexity index is 382. The molecular weight excluding hydrogens is 218 g/mol. The molecule has 0 unspecified atom stereocenters. The van der Waals surface area contributed by atoms with E-state index in [1.165, 1.54) is 0 Å². The van der Waals surface area contributed by atoms with Crippen molar-refractivity contribution in [2.24, 2.45) is 0 Å². The third-order valence-corrected chi connectivity index (χ3v) is 1.48. The second-order valence-corrected chi connectivity index (χ2v) is 4.11. The second-order valence-electron chi connectivity index (χ2n) is 4.11. The van der Waals surface area contributed by atoms with Crippen LogP contribution in [0.15, 0.2) is 12.4 Å². The van der Waals surface area contributed by atoms with Crippen molar-refractivity contribution in [3.8, 4) is 0 Å². The van der Waals surface area contributed by atoms with E-state index in [2.05, 4.69) is 4.98 Å². The number of carbonyl (C=O) groups excluding carboxylic acids is 1. The molecule has 0 radical (unpaired) electrons. The Morgan fingerprint density at radius 3 is 2.25 bits per heavy atom. The van der Waals surface area contributed by atoms with Crippen molar-refractivity contribution in [3.63, 3.8) is 0 Å². The number of carbonyl (C=O) groups is 1. The van der Waals surface area contributed by atoms with E-state index in [4.69, 9.17) is 4.74 Å². The number of amides is 1. The van der Waals surface area contributed by atoms with Crippen molar-refractivity contribution in [2.75, 3.05) is 5.32 Å². The second kappa shape index (κ2) is 4.42. The molecular formula is C10H12F2N2O2. The summed E-state index contributed by atoms with van der Waals surface area (Å²) in [6.07, 6.45) is 0.683. The molecule has 1 heterocycles. The highest BCUT2D eigenvalue weighted by Crippen LogP contribution is 2.17. The van der Waals surface area contributed by atoms with Crippen molar-refractivity contribution >= 4 is 11.8 Å². The van der Waals surface area contributed by atoms with Gasteiger partial charge >= 0.3 is 6.09 Å². The number of aromatic nitrogens is 1. The van der Waals surface area contributed by atoms with Crippen molar-refractivity contribution in [3.05, 3.63) is 24.0 Å². The maximum Gasteiger partial charge on any atom is 0.412 e. The SMILES string of the molecule is CC(C)(C)OC(=O)Nc1c(F)cncc1F. The molecule has 0 aliphatic carbocycles. The molecule has 16 heavy (non-hydrogen) atoms. The summed E-state index contributed by atoms with van der Waals surface area (Å²) in [5.74, 6) is -1.91. The third kappa shape index (κ3) is 3.45. The van der Waals surface area contributed by atoms with Crippen LogP contribution in [0.1, 0.15) is 20.8 Å². The van der Waals surface area contributed by atoms with Gasteiger partial charge in [-0.1, -0.05) is 0 Å². The standard InChI is InChI=1S/C10H12F2N2O2/c1-10(2,3)16-9(15)14-8-6(11)4-13-5-7(8)12/h4-5H,1-3H3,(H,13,14,15). The number of ether oxygens (including phenoxy) is 1. The molecule has 1 aromatic rings. The highest BCUT2D eigenvalue weighted by molar-refractivity contribution is 5.85. The normalized spacial score (nSPS) is 11.1. The first kappa shape index (κ1) is 12.4. The van der Waals surface area contributed by atoms with Gasteiger partial charge in [0.05, 0.1) is 12.4 Å². The van der Waals surface area contributed by atoms with Crippen LogP contribution in [0.3, 0.4) is 0 Å². The lowest BCUT2D eigenvalue weighted by Crippen LogP contribution is -2.27. The third-order valence-electron chi connectivity index (χ3n) is 1.48. The first-order chi connectivity index (χ1) is 7.29. The van der Waals surface area contributed by atoms with Crippen LogP contribution in [0.25, 0.3) is 0 Å². The molecule has 0 bridgehead atoms. The number of rotatable bonds is 1. The number of halogens is 2. The van der Waals surface area contributed by atoms with Gasteiger partial charge in [-0.05, 0) is 20.8 Å². The smallest absolute Gasteiger partial charge is 0.412 e. The lowest BCUT2D eigenvalue weighted by molar-refractivity contribution is 0.0634. The summed E-state index contributed by atoms with van der Waals surface area (Å²) in [6.45, 7) is 4.93. The molecule has 1 amide bonds. The molecule has 1 N–H and O–H groups in total. The zero-order chi connectivity index (χ0) is 12.3. The van der Waals surface area contributed by atoms with Crippen LogP contribution >= 0.6 is 0 Å². The molecule has 1 rings (SSSR count). The van der Waals surface area contributed by atoms with Gasteiger partial charge in [0.1, 0.15) is 11.3 Å². The lowest BCUT2D eigenvalue weighted by Gasteiger charge is -2.19. The van der Waals surface area contributed by atoms with Crippen LogP contribution in [0.5, 0.6) is 0 Å². The average Bonchev–Trinajstić information content (AvgIpc) is 2.08. The molecule has 1 aromatic heterocycles. The molecule has 0 atom stereocenters. The summed E-state index contributed by atoms with van der Waals surface area (Å²) < 4.78 is 31.0. The maximum absolute atomic E-state index is 13.1. The summed E-state index contributed by atoms with van der Waals surface area (Å²) in [6, 6.07) is 0. The monoisotopic (exact) mass is 230 g/mol.